The maximum Gasteiger partial charge on any atom is 0.314 e. The SMILES string of the molecule is COc1ccc(OCCCC(=O)OC(C)(C)C)cc1[N+](=O)[O-]. The molecule has 0 N–H and O–H groups in total. The normalized spacial score (nSPS) is 10.9. The first-order chi connectivity index (χ1) is 10.2. The van der Waals surface area contributed by atoms with E-state index in [-0.39, 0.29) is 30.4 Å². The average molecular weight is 311 g/mol. The fraction of sp³-hybridized carbons (Fsp3) is 0.533. The van der Waals surface area contributed by atoms with Gasteiger partial charge in [0.2, 0.25) is 0 Å². The number of benzene rings is 1. The lowest BCUT2D eigenvalue weighted by atomic mass is 10.2. The Kier molecular flexibility index (Phi) is 6.15. The lowest BCUT2D eigenvalue weighted by Crippen LogP contribution is -2.23. The second-order valence-electron chi connectivity index (χ2n) is 5.63. The Bertz CT molecular complexity index is 535. The zero-order valence-corrected chi connectivity index (χ0v) is 13.3. The number of methoxy groups -OCH3 is 1. The molecule has 0 saturated heterocycles. The molecule has 0 atom stereocenters. The summed E-state index contributed by atoms with van der Waals surface area (Å²) in [5.74, 6) is 0.236. The van der Waals surface area contributed by atoms with Gasteiger partial charge in [-0.05, 0) is 39.3 Å². The highest BCUT2D eigenvalue weighted by atomic mass is 16.6. The van der Waals surface area contributed by atoms with Crippen LogP contribution in [0.1, 0.15) is 33.6 Å². The van der Waals surface area contributed by atoms with E-state index < -0.39 is 10.5 Å². The fourth-order valence-corrected chi connectivity index (χ4v) is 1.70. The smallest absolute Gasteiger partial charge is 0.314 e. The first kappa shape index (κ1) is 17.7. The second-order valence-corrected chi connectivity index (χ2v) is 5.63. The summed E-state index contributed by atoms with van der Waals surface area (Å²) in [5, 5.41) is 10.9. The van der Waals surface area contributed by atoms with Crippen molar-refractivity contribution in [2.75, 3.05) is 13.7 Å². The Morgan fingerprint density at radius 1 is 1.32 bits per heavy atom. The Balaban J connectivity index is 2.47. The molecule has 0 unspecified atom stereocenters. The fourth-order valence-electron chi connectivity index (χ4n) is 1.70. The van der Waals surface area contributed by atoms with Crippen LogP contribution in [0.15, 0.2) is 18.2 Å². The molecule has 0 aliphatic rings. The lowest BCUT2D eigenvalue weighted by Gasteiger charge is -2.19. The summed E-state index contributed by atoms with van der Waals surface area (Å²) in [5.41, 5.74) is -0.665. The number of esters is 1. The summed E-state index contributed by atoms with van der Waals surface area (Å²) in [6.07, 6.45) is 0.699. The topological polar surface area (TPSA) is 87.9 Å². The van der Waals surface area contributed by atoms with Crippen LogP contribution in [-0.2, 0) is 9.53 Å². The van der Waals surface area contributed by atoms with E-state index in [1.807, 2.05) is 0 Å². The molecule has 1 aromatic rings. The molecular formula is C15H21NO6. The van der Waals surface area contributed by atoms with E-state index in [1.165, 1.54) is 19.2 Å². The van der Waals surface area contributed by atoms with Crippen molar-refractivity contribution in [2.45, 2.75) is 39.2 Å². The summed E-state index contributed by atoms with van der Waals surface area (Å²) in [6.45, 7) is 5.68. The van der Waals surface area contributed by atoms with E-state index in [4.69, 9.17) is 14.2 Å². The molecule has 0 radical (unpaired) electrons. The van der Waals surface area contributed by atoms with Crippen LogP contribution in [0.2, 0.25) is 0 Å². The number of rotatable bonds is 7. The van der Waals surface area contributed by atoms with E-state index >= 15 is 0 Å². The van der Waals surface area contributed by atoms with Crippen molar-refractivity contribution in [3.8, 4) is 11.5 Å². The van der Waals surface area contributed by atoms with Gasteiger partial charge in [0.1, 0.15) is 11.4 Å². The highest BCUT2D eigenvalue weighted by Crippen LogP contribution is 2.30. The minimum atomic E-state index is -0.535. The molecular weight excluding hydrogens is 290 g/mol. The number of ether oxygens (including phenoxy) is 3. The van der Waals surface area contributed by atoms with Crippen LogP contribution in [0.4, 0.5) is 5.69 Å². The van der Waals surface area contributed by atoms with Gasteiger partial charge in [0.05, 0.1) is 24.7 Å². The molecule has 1 rings (SSSR count). The van der Waals surface area contributed by atoms with E-state index in [0.29, 0.717) is 12.2 Å². The number of carbonyl (C=O) groups excluding carboxylic acids is 1. The summed E-state index contributed by atoms with van der Waals surface area (Å²) in [4.78, 5) is 21.9. The van der Waals surface area contributed by atoms with Gasteiger partial charge in [-0.3, -0.25) is 14.9 Å². The minimum absolute atomic E-state index is 0.160. The molecule has 122 valence electrons. The van der Waals surface area contributed by atoms with E-state index in [2.05, 4.69) is 0 Å². The van der Waals surface area contributed by atoms with E-state index in [9.17, 15) is 14.9 Å². The maximum absolute atomic E-state index is 11.5. The summed E-state index contributed by atoms with van der Waals surface area (Å²) in [6, 6.07) is 4.35. The van der Waals surface area contributed by atoms with Crippen LogP contribution >= 0.6 is 0 Å². The number of hydrogen-bond acceptors (Lipinski definition) is 6. The predicted octanol–water partition coefficient (Wildman–Crippen LogP) is 3.10. The van der Waals surface area contributed by atoms with Gasteiger partial charge >= 0.3 is 11.7 Å². The van der Waals surface area contributed by atoms with Crippen molar-refractivity contribution in [3.63, 3.8) is 0 Å². The van der Waals surface area contributed by atoms with Crippen molar-refractivity contribution in [2.24, 2.45) is 0 Å². The quantitative estimate of drug-likeness (QED) is 0.333. The van der Waals surface area contributed by atoms with Crippen molar-refractivity contribution in [1.29, 1.82) is 0 Å². The Morgan fingerprint density at radius 2 is 2.00 bits per heavy atom. The summed E-state index contributed by atoms with van der Waals surface area (Å²) < 4.78 is 15.5. The highest BCUT2D eigenvalue weighted by molar-refractivity contribution is 5.69. The molecule has 22 heavy (non-hydrogen) atoms. The molecule has 7 nitrogen and oxygen atoms in total. The first-order valence-electron chi connectivity index (χ1n) is 6.90. The zero-order chi connectivity index (χ0) is 16.8. The van der Waals surface area contributed by atoms with Crippen LogP contribution in [0.5, 0.6) is 11.5 Å². The predicted molar refractivity (Wildman–Crippen MR) is 80.2 cm³/mol. The molecule has 0 saturated carbocycles. The number of nitro benzene ring substituents is 1. The van der Waals surface area contributed by atoms with Gasteiger partial charge in [-0.25, -0.2) is 0 Å². The molecule has 0 bridgehead atoms. The molecule has 1 aromatic carbocycles. The van der Waals surface area contributed by atoms with Gasteiger partial charge in [0.25, 0.3) is 0 Å². The second kappa shape index (κ2) is 7.63. The van der Waals surface area contributed by atoms with Crippen LogP contribution < -0.4 is 9.47 Å². The van der Waals surface area contributed by atoms with Crippen LogP contribution in [0.25, 0.3) is 0 Å². The van der Waals surface area contributed by atoms with Crippen LogP contribution in [-0.4, -0.2) is 30.2 Å². The number of carbonyl (C=O) groups is 1. The first-order valence-corrected chi connectivity index (χ1v) is 6.90. The maximum atomic E-state index is 11.5. The molecule has 0 heterocycles. The number of hydrogen-bond donors (Lipinski definition) is 0. The molecule has 0 aliphatic heterocycles. The monoisotopic (exact) mass is 311 g/mol. The minimum Gasteiger partial charge on any atom is -0.493 e. The van der Waals surface area contributed by atoms with Crippen molar-refractivity contribution in [1.82, 2.24) is 0 Å². The van der Waals surface area contributed by atoms with Gasteiger partial charge in [-0.2, -0.15) is 0 Å². The molecule has 0 spiro atoms. The zero-order valence-electron chi connectivity index (χ0n) is 13.3. The Hall–Kier alpha value is -2.31. The molecule has 0 amide bonds. The van der Waals surface area contributed by atoms with Crippen molar-refractivity contribution < 1.29 is 23.9 Å². The van der Waals surface area contributed by atoms with Crippen molar-refractivity contribution >= 4 is 11.7 Å². The van der Waals surface area contributed by atoms with E-state index in [1.54, 1.807) is 26.8 Å². The molecule has 0 aromatic heterocycles. The summed E-state index contributed by atoms with van der Waals surface area (Å²) >= 11 is 0. The standard InChI is InChI=1S/C15H21NO6/c1-15(2,3)22-14(17)6-5-9-21-11-7-8-13(20-4)12(10-11)16(18)19/h7-8,10H,5-6,9H2,1-4H3. The van der Waals surface area contributed by atoms with Gasteiger partial charge < -0.3 is 14.2 Å². The Labute approximate surface area is 129 Å². The van der Waals surface area contributed by atoms with E-state index in [0.717, 1.165) is 0 Å². The number of nitrogens with zero attached hydrogens (tertiary/aromatic N) is 1. The highest BCUT2D eigenvalue weighted by Gasteiger charge is 2.17. The molecule has 0 fully saturated rings. The van der Waals surface area contributed by atoms with Crippen LogP contribution in [0.3, 0.4) is 0 Å². The Morgan fingerprint density at radius 3 is 2.55 bits per heavy atom. The molecule has 7 heteroatoms. The lowest BCUT2D eigenvalue weighted by molar-refractivity contribution is -0.385. The van der Waals surface area contributed by atoms with Gasteiger partial charge in [0, 0.05) is 6.42 Å². The number of nitro groups is 1. The third-order valence-corrected chi connectivity index (χ3v) is 2.56. The van der Waals surface area contributed by atoms with Gasteiger partial charge in [-0.15, -0.1) is 0 Å². The van der Waals surface area contributed by atoms with Gasteiger partial charge in [-0.1, -0.05) is 0 Å². The molecule has 0 aliphatic carbocycles. The third-order valence-electron chi connectivity index (χ3n) is 2.56. The largest absolute Gasteiger partial charge is 0.493 e. The van der Waals surface area contributed by atoms with Gasteiger partial charge in [0.15, 0.2) is 5.75 Å². The third kappa shape index (κ3) is 5.99. The van der Waals surface area contributed by atoms with Crippen molar-refractivity contribution in [3.05, 3.63) is 28.3 Å². The summed E-state index contributed by atoms with van der Waals surface area (Å²) in [7, 11) is 1.36. The van der Waals surface area contributed by atoms with Crippen LogP contribution in [0, 0.1) is 10.1 Å². The average Bonchev–Trinajstić information content (AvgIpc) is 2.41.